The lowest BCUT2D eigenvalue weighted by molar-refractivity contribution is 0.223. The Balaban J connectivity index is 2.18. The van der Waals surface area contributed by atoms with Crippen LogP contribution < -0.4 is 4.74 Å². The van der Waals surface area contributed by atoms with Crippen LogP contribution in [0.1, 0.15) is 26.3 Å². The second-order valence-electron chi connectivity index (χ2n) is 4.18. The van der Waals surface area contributed by atoms with Gasteiger partial charge in [0.25, 0.3) is 0 Å². The molecule has 4 nitrogen and oxygen atoms in total. The monoisotopic (exact) mass is 231 g/mol. The molecule has 1 aromatic heterocycles. The van der Waals surface area contributed by atoms with Gasteiger partial charge in [0.15, 0.2) is 5.82 Å². The minimum absolute atomic E-state index is 0.0844. The van der Waals surface area contributed by atoms with Crippen LogP contribution >= 0.6 is 0 Å². The van der Waals surface area contributed by atoms with E-state index in [1.54, 1.807) is 0 Å². The summed E-state index contributed by atoms with van der Waals surface area (Å²) >= 11 is 0. The molecule has 0 spiro atoms. The van der Waals surface area contributed by atoms with Gasteiger partial charge < -0.3 is 4.74 Å². The second-order valence-corrected chi connectivity index (χ2v) is 4.18. The summed E-state index contributed by atoms with van der Waals surface area (Å²) < 4.78 is 5.41. The van der Waals surface area contributed by atoms with Crippen molar-refractivity contribution in [2.45, 2.75) is 33.3 Å². The van der Waals surface area contributed by atoms with Gasteiger partial charge in [-0.15, -0.1) is 5.10 Å². The standard InChI is InChI=1S/C13H17N3O/c1-4-10-5-7-11(8-6-10)12-14-13(16-15-12)17-9(2)3/h5-9H,4H2,1-3H3,(H,14,15,16). The van der Waals surface area contributed by atoms with E-state index >= 15 is 0 Å². The van der Waals surface area contributed by atoms with Crippen LogP contribution in [0.2, 0.25) is 0 Å². The normalized spacial score (nSPS) is 10.8. The fourth-order valence-electron chi connectivity index (χ4n) is 1.54. The van der Waals surface area contributed by atoms with E-state index in [0.29, 0.717) is 6.01 Å². The first-order valence-corrected chi connectivity index (χ1v) is 5.87. The van der Waals surface area contributed by atoms with Crippen LogP contribution in [0.3, 0.4) is 0 Å². The highest BCUT2D eigenvalue weighted by atomic mass is 16.5. The summed E-state index contributed by atoms with van der Waals surface area (Å²) in [7, 11) is 0. The van der Waals surface area contributed by atoms with Gasteiger partial charge in [-0.2, -0.15) is 4.98 Å². The fraction of sp³-hybridized carbons (Fsp3) is 0.385. The van der Waals surface area contributed by atoms with Crippen molar-refractivity contribution in [2.75, 3.05) is 0 Å². The molecule has 0 radical (unpaired) electrons. The lowest BCUT2D eigenvalue weighted by Crippen LogP contribution is -2.06. The van der Waals surface area contributed by atoms with Gasteiger partial charge in [-0.1, -0.05) is 31.2 Å². The maximum atomic E-state index is 5.41. The molecule has 0 aliphatic carbocycles. The van der Waals surface area contributed by atoms with Crippen molar-refractivity contribution < 1.29 is 4.74 Å². The summed E-state index contributed by atoms with van der Waals surface area (Å²) in [5.41, 5.74) is 2.33. The molecule has 90 valence electrons. The van der Waals surface area contributed by atoms with E-state index in [-0.39, 0.29) is 6.10 Å². The smallest absolute Gasteiger partial charge is 0.336 e. The zero-order valence-corrected chi connectivity index (χ0v) is 10.4. The highest BCUT2D eigenvalue weighted by Gasteiger charge is 2.07. The SMILES string of the molecule is CCc1ccc(-c2nc(OC(C)C)n[nH]2)cc1. The maximum Gasteiger partial charge on any atom is 0.336 e. The number of nitrogens with one attached hydrogen (secondary N) is 1. The van der Waals surface area contributed by atoms with E-state index < -0.39 is 0 Å². The van der Waals surface area contributed by atoms with Crippen LogP contribution in [0, 0.1) is 0 Å². The van der Waals surface area contributed by atoms with Crippen molar-refractivity contribution in [1.82, 2.24) is 15.2 Å². The van der Waals surface area contributed by atoms with Gasteiger partial charge in [0.1, 0.15) is 0 Å². The van der Waals surface area contributed by atoms with Crippen LogP contribution in [0.25, 0.3) is 11.4 Å². The summed E-state index contributed by atoms with van der Waals surface area (Å²) in [6, 6.07) is 8.67. The first kappa shape index (κ1) is 11.6. The Hall–Kier alpha value is -1.84. The Morgan fingerprint density at radius 1 is 1.24 bits per heavy atom. The topological polar surface area (TPSA) is 50.8 Å². The van der Waals surface area contributed by atoms with Crippen LogP contribution in [-0.4, -0.2) is 21.3 Å². The van der Waals surface area contributed by atoms with Gasteiger partial charge >= 0.3 is 6.01 Å². The molecule has 2 rings (SSSR count). The molecule has 0 saturated heterocycles. The fourth-order valence-corrected chi connectivity index (χ4v) is 1.54. The summed E-state index contributed by atoms with van der Waals surface area (Å²) in [6.07, 6.45) is 1.12. The molecule has 1 aromatic carbocycles. The van der Waals surface area contributed by atoms with Crippen LogP contribution in [0.5, 0.6) is 6.01 Å². The van der Waals surface area contributed by atoms with Crippen molar-refractivity contribution >= 4 is 0 Å². The minimum atomic E-state index is 0.0844. The second kappa shape index (κ2) is 4.99. The Bertz CT molecular complexity index is 474. The summed E-state index contributed by atoms with van der Waals surface area (Å²) in [5, 5.41) is 6.90. The average molecular weight is 231 g/mol. The van der Waals surface area contributed by atoms with Crippen molar-refractivity contribution in [2.24, 2.45) is 0 Å². The number of nitrogens with zero attached hydrogens (tertiary/aromatic N) is 2. The number of benzene rings is 1. The van der Waals surface area contributed by atoms with Crippen LogP contribution in [0.4, 0.5) is 0 Å². The molecule has 0 aliphatic rings. The Morgan fingerprint density at radius 2 is 1.94 bits per heavy atom. The van der Waals surface area contributed by atoms with Gasteiger partial charge in [-0.3, -0.25) is 5.10 Å². The van der Waals surface area contributed by atoms with Gasteiger partial charge in [0.05, 0.1) is 6.10 Å². The highest BCUT2D eigenvalue weighted by Crippen LogP contribution is 2.18. The maximum absolute atomic E-state index is 5.41. The quantitative estimate of drug-likeness (QED) is 0.880. The Kier molecular flexibility index (Phi) is 3.42. The van der Waals surface area contributed by atoms with Gasteiger partial charge in [0.2, 0.25) is 0 Å². The zero-order valence-electron chi connectivity index (χ0n) is 10.4. The lowest BCUT2D eigenvalue weighted by Gasteiger charge is -2.02. The van der Waals surface area contributed by atoms with Crippen molar-refractivity contribution in [3.63, 3.8) is 0 Å². The third-order valence-corrected chi connectivity index (χ3v) is 2.44. The number of hydrogen-bond acceptors (Lipinski definition) is 3. The Morgan fingerprint density at radius 3 is 2.53 bits per heavy atom. The van der Waals surface area contributed by atoms with E-state index in [1.165, 1.54) is 5.56 Å². The first-order valence-electron chi connectivity index (χ1n) is 5.87. The molecule has 0 saturated carbocycles. The number of aromatic nitrogens is 3. The summed E-state index contributed by atoms with van der Waals surface area (Å²) in [4.78, 5) is 4.29. The molecule has 17 heavy (non-hydrogen) atoms. The van der Waals surface area contributed by atoms with Gasteiger partial charge in [-0.25, -0.2) is 0 Å². The molecular formula is C13H17N3O. The van der Waals surface area contributed by atoms with Gasteiger partial charge in [0, 0.05) is 5.56 Å². The lowest BCUT2D eigenvalue weighted by atomic mass is 10.1. The molecule has 0 fully saturated rings. The van der Waals surface area contributed by atoms with Crippen LogP contribution in [-0.2, 0) is 6.42 Å². The molecular weight excluding hydrogens is 214 g/mol. The van der Waals surface area contributed by atoms with E-state index in [2.05, 4.69) is 34.2 Å². The minimum Gasteiger partial charge on any atom is -0.460 e. The predicted molar refractivity (Wildman–Crippen MR) is 67.0 cm³/mol. The summed E-state index contributed by atoms with van der Waals surface area (Å²) in [6.45, 7) is 6.04. The van der Waals surface area contributed by atoms with E-state index in [9.17, 15) is 0 Å². The zero-order chi connectivity index (χ0) is 12.3. The third kappa shape index (κ3) is 2.84. The molecule has 1 N–H and O–H groups in total. The number of rotatable bonds is 4. The average Bonchev–Trinajstić information content (AvgIpc) is 2.77. The highest BCUT2D eigenvalue weighted by molar-refractivity contribution is 5.55. The first-order chi connectivity index (χ1) is 8.19. The molecule has 0 aliphatic heterocycles. The van der Waals surface area contributed by atoms with Crippen molar-refractivity contribution in [1.29, 1.82) is 0 Å². The number of aromatic amines is 1. The number of H-pyrrole nitrogens is 1. The van der Waals surface area contributed by atoms with Crippen LogP contribution in [0.15, 0.2) is 24.3 Å². The molecule has 0 amide bonds. The molecule has 2 aromatic rings. The molecule has 0 bridgehead atoms. The third-order valence-electron chi connectivity index (χ3n) is 2.44. The number of hydrogen-bond donors (Lipinski definition) is 1. The van der Waals surface area contributed by atoms with E-state index in [1.807, 2.05) is 26.0 Å². The molecule has 0 unspecified atom stereocenters. The molecule has 0 atom stereocenters. The van der Waals surface area contributed by atoms with E-state index in [0.717, 1.165) is 17.8 Å². The largest absolute Gasteiger partial charge is 0.460 e. The van der Waals surface area contributed by atoms with Crippen molar-refractivity contribution in [3.8, 4) is 17.4 Å². The Labute approximate surface area is 101 Å². The number of aryl methyl sites for hydroxylation is 1. The molecule has 4 heteroatoms. The number of ether oxygens (including phenoxy) is 1. The van der Waals surface area contributed by atoms with Crippen molar-refractivity contribution in [3.05, 3.63) is 29.8 Å². The van der Waals surface area contributed by atoms with Gasteiger partial charge in [-0.05, 0) is 25.8 Å². The predicted octanol–water partition coefficient (Wildman–Crippen LogP) is 2.82. The summed E-state index contributed by atoms with van der Waals surface area (Å²) in [5.74, 6) is 0.739. The molecule has 1 heterocycles. The van der Waals surface area contributed by atoms with E-state index in [4.69, 9.17) is 4.74 Å².